The maximum Gasteiger partial charge on any atom is 0.329 e. The van der Waals surface area contributed by atoms with Gasteiger partial charge in [0.25, 0.3) is 0 Å². The summed E-state index contributed by atoms with van der Waals surface area (Å²) in [5.41, 5.74) is 0. The molecule has 0 rings (SSSR count). The highest BCUT2D eigenvalue weighted by molar-refractivity contribution is 7.98. The lowest BCUT2D eigenvalue weighted by molar-refractivity contribution is -0.142. The van der Waals surface area contributed by atoms with Gasteiger partial charge in [-0.3, -0.25) is 0 Å². The van der Waals surface area contributed by atoms with E-state index in [-0.39, 0.29) is 19.2 Å². The topological polar surface area (TPSA) is 87.7 Å². The smallest absolute Gasteiger partial charge is 0.329 e. The molecule has 0 aromatic carbocycles. The first-order valence-corrected chi connectivity index (χ1v) is 6.75. The monoisotopic (exact) mass is 264 g/mol. The van der Waals surface area contributed by atoms with Gasteiger partial charge < -0.3 is 20.5 Å². The van der Waals surface area contributed by atoms with Crippen LogP contribution in [0.15, 0.2) is 0 Å². The molecule has 0 saturated heterocycles. The number of carboxylic acid groups (broad SMARTS) is 1. The SMILES string of the molecule is CSCC(C)CNC(=O)NCCOCC(=O)O. The summed E-state index contributed by atoms with van der Waals surface area (Å²) in [6.07, 6.45) is 2.02. The predicted molar refractivity (Wildman–Crippen MR) is 67.4 cm³/mol. The minimum Gasteiger partial charge on any atom is -0.480 e. The number of hydrogen-bond donors (Lipinski definition) is 3. The lowest BCUT2D eigenvalue weighted by Gasteiger charge is -2.11. The average molecular weight is 264 g/mol. The van der Waals surface area contributed by atoms with Gasteiger partial charge in [-0.2, -0.15) is 11.8 Å². The van der Waals surface area contributed by atoms with Gasteiger partial charge in [-0.15, -0.1) is 0 Å². The molecule has 0 heterocycles. The fraction of sp³-hybridized carbons (Fsp3) is 0.800. The van der Waals surface area contributed by atoms with E-state index in [1.807, 2.05) is 6.26 Å². The summed E-state index contributed by atoms with van der Waals surface area (Å²) in [7, 11) is 0. The molecule has 1 atom stereocenters. The predicted octanol–water partition coefficient (Wildman–Crippen LogP) is 0.386. The Kier molecular flexibility index (Phi) is 9.65. The van der Waals surface area contributed by atoms with Gasteiger partial charge in [0.15, 0.2) is 0 Å². The molecule has 17 heavy (non-hydrogen) atoms. The Morgan fingerprint density at radius 1 is 1.41 bits per heavy atom. The third kappa shape index (κ3) is 11.3. The lowest BCUT2D eigenvalue weighted by Crippen LogP contribution is -2.39. The van der Waals surface area contributed by atoms with E-state index in [4.69, 9.17) is 9.84 Å². The van der Waals surface area contributed by atoms with E-state index >= 15 is 0 Å². The van der Waals surface area contributed by atoms with Gasteiger partial charge in [-0.05, 0) is 17.9 Å². The van der Waals surface area contributed by atoms with Crippen molar-refractivity contribution in [1.82, 2.24) is 10.6 Å². The zero-order valence-corrected chi connectivity index (χ0v) is 11.0. The van der Waals surface area contributed by atoms with Crippen LogP contribution in [-0.2, 0) is 9.53 Å². The first kappa shape index (κ1) is 16.1. The molecule has 0 saturated carbocycles. The largest absolute Gasteiger partial charge is 0.480 e. The standard InChI is InChI=1S/C10H20N2O4S/c1-8(7-17-2)5-12-10(15)11-3-4-16-6-9(13)14/h8H,3-7H2,1-2H3,(H,13,14)(H2,11,12,15). The number of hydrogen-bond acceptors (Lipinski definition) is 4. The Balaban J connectivity index is 3.37. The Morgan fingerprint density at radius 2 is 2.12 bits per heavy atom. The summed E-state index contributed by atoms with van der Waals surface area (Å²) in [5.74, 6) is 0.418. The van der Waals surface area contributed by atoms with Crippen LogP contribution in [0.25, 0.3) is 0 Å². The molecule has 0 aromatic rings. The van der Waals surface area contributed by atoms with Crippen molar-refractivity contribution in [2.45, 2.75) is 6.92 Å². The number of rotatable bonds is 9. The Morgan fingerprint density at radius 3 is 2.71 bits per heavy atom. The average Bonchev–Trinajstić information content (AvgIpc) is 2.26. The fourth-order valence-corrected chi connectivity index (χ4v) is 1.76. The molecule has 0 aliphatic carbocycles. The van der Waals surface area contributed by atoms with Crippen LogP contribution in [0.4, 0.5) is 4.79 Å². The summed E-state index contributed by atoms with van der Waals surface area (Å²) < 4.78 is 4.76. The normalized spacial score (nSPS) is 11.9. The van der Waals surface area contributed by atoms with E-state index in [9.17, 15) is 9.59 Å². The summed E-state index contributed by atoms with van der Waals surface area (Å²) in [4.78, 5) is 21.4. The zero-order valence-electron chi connectivity index (χ0n) is 10.2. The van der Waals surface area contributed by atoms with Crippen LogP contribution in [0, 0.1) is 5.92 Å². The van der Waals surface area contributed by atoms with E-state index in [2.05, 4.69) is 17.6 Å². The van der Waals surface area contributed by atoms with Crippen LogP contribution >= 0.6 is 11.8 Å². The van der Waals surface area contributed by atoms with E-state index in [0.29, 0.717) is 19.0 Å². The third-order valence-corrected chi connectivity index (χ3v) is 2.72. The van der Waals surface area contributed by atoms with Crippen molar-refractivity contribution < 1.29 is 19.4 Å². The number of ether oxygens (including phenoxy) is 1. The summed E-state index contributed by atoms with van der Waals surface area (Å²) in [6, 6.07) is -0.253. The van der Waals surface area contributed by atoms with E-state index in [1.54, 1.807) is 11.8 Å². The molecule has 6 nitrogen and oxygen atoms in total. The van der Waals surface area contributed by atoms with E-state index < -0.39 is 5.97 Å². The van der Waals surface area contributed by atoms with Crippen molar-refractivity contribution in [3.63, 3.8) is 0 Å². The van der Waals surface area contributed by atoms with Crippen molar-refractivity contribution in [3.8, 4) is 0 Å². The number of aliphatic carboxylic acids is 1. The van der Waals surface area contributed by atoms with Gasteiger partial charge in [0, 0.05) is 13.1 Å². The van der Waals surface area contributed by atoms with Crippen LogP contribution in [-0.4, -0.2) is 55.4 Å². The number of urea groups is 1. The van der Waals surface area contributed by atoms with Gasteiger partial charge in [0.05, 0.1) is 6.61 Å². The van der Waals surface area contributed by atoms with Crippen LogP contribution < -0.4 is 10.6 Å². The summed E-state index contributed by atoms with van der Waals surface area (Å²) in [6.45, 7) is 2.85. The minimum atomic E-state index is -1.01. The van der Waals surface area contributed by atoms with Crippen molar-refractivity contribution in [1.29, 1.82) is 0 Å². The summed E-state index contributed by atoms with van der Waals surface area (Å²) >= 11 is 1.74. The molecule has 0 aliphatic heterocycles. The molecule has 1 unspecified atom stereocenters. The van der Waals surface area contributed by atoms with Gasteiger partial charge in [-0.25, -0.2) is 9.59 Å². The first-order chi connectivity index (χ1) is 8.06. The van der Waals surface area contributed by atoms with Crippen LogP contribution in [0.2, 0.25) is 0 Å². The summed E-state index contributed by atoms with van der Waals surface area (Å²) in [5, 5.41) is 13.6. The molecule has 0 bridgehead atoms. The Bertz CT molecular complexity index is 238. The van der Waals surface area contributed by atoms with Crippen molar-refractivity contribution in [3.05, 3.63) is 0 Å². The van der Waals surface area contributed by atoms with Gasteiger partial charge in [0.2, 0.25) is 0 Å². The molecule has 0 spiro atoms. The van der Waals surface area contributed by atoms with Gasteiger partial charge >= 0.3 is 12.0 Å². The van der Waals surface area contributed by atoms with Gasteiger partial charge in [0.1, 0.15) is 6.61 Å². The highest BCUT2D eigenvalue weighted by Crippen LogP contribution is 2.02. The molecule has 0 fully saturated rings. The van der Waals surface area contributed by atoms with Crippen LogP contribution in [0.5, 0.6) is 0 Å². The van der Waals surface area contributed by atoms with Crippen molar-refractivity contribution in [2.24, 2.45) is 5.92 Å². The quantitative estimate of drug-likeness (QED) is 0.524. The maximum absolute atomic E-state index is 11.2. The number of amides is 2. The second-order valence-corrected chi connectivity index (χ2v) is 4.55. The fourth-order valence-electron chi connectivity index (χ4n) is 1.07. The lowest BCUT2D eigenvalue weighted by atomic mass is 10.2. The Hall–Kier alpha value is -0.950. The van der Waals surface area contributed by atoms with Crippen molar-refractivity contribution >= 4 is 23.8 Å². The van der Waals surface area contributed by atoms with Crippen LogP contribution in [0.3, 0.4) is 0 Å². The minimum absolute atomic E-state index is 0.195. The molecule has 7 heteroatoms. The molecule has 100 valence electrons. The first-order valence-electron chi connectivity index (χ1n) is 5.36. The number of carbonyl (C=O) groups is 2. The second kappa shape index (κ2) is 10.2. The maximum atomic E-state index is 11.2. The molecule has 0 radical (unpaired) electrons. The highest BCUT2D eigenvalue weighted by atomic mass is 32.2. The third-order valence-electron chi connectivity index (χ3n) is 1.82. The molecule has 3 N–H and O–H groups in total. The molecular weight excluding hydrogens is 244 g/mol. The zero-order chi connectivity index (χ0) is 13.1. The van der Waals surface area contributed by atoms with E-state index in [0.717, 1.165) is 5.75 Å². The van der Waals surface area contributed by atoms with E-state index in [1.165, 1.54) is 0 Å². The number of nitrogens with one attached hydrogen (secondary N) is 2. The van der Waals surface area contributed by atoms with Crippen LogP contribution in [0.1, 0.15) is 6.92 Å². The number of carbonyl (C=O) groups excluding carboxylic acids is 1. The highest BCUT2D eigenvalue weighted by Gasteiger charge is 2.04. The van der Waals surface area contributed by atoms with Gasteiger partial charge in [-0.1, -0.05) is 6.92 Å². The van der Waals surface area contributed by atoms with Crippen molar-refractivity contribution in [2.75, 3.05) is 38.3 Å². The molecular formula is C10H20N2O4S. The molecule has 0 aliphatic rings. The Labute approximate surface area is 105 Å². The second-order valence-electron chi connectivity index (χ2n) is 3.64. The molecule has 2 amide bonds. The molecule has 0 aromatic heterocycles. The number of thioether (sulfide) groups is 1. The number of carboxylic acids is 1.